The summed E-state index contributed by atoms with van der Waals surface area (Å²) in [6.45, 7) is 5.15. The van der Waals surface area contributed by atoms with E-state index in [2.05, 4.69) is 19.2 Å². The summed E-state index contributed by atoms with van der Waals surface area (Å²) in [4.78, 5) is 0. The smallest absolute Gasteiger partial charge is 0.119 e. The molecule has 0 saturated carbocycles. The number of aliphatic hydroxyl groups is 2. The zero-order valence-corrected chi connectivity index (χ0v) is 11.8. The van der Waals surface area contributed by atoms with Crippen LogP contribution in [0.15, 0.2) is 24.3 Å². The predicted octanol–water partition coefficient (Wildman–Crippen LogP) is 1.35. The SMILES string of the molecule is CCNC(C)CCc1ccc(OCC(O)CO)cc1. The van der Waals surface area contributed by atoms with Crippen molar-refractivity contribution in [3.8, 4) is 5.75 Å². The van der Waals surface area contributed by atoms with Gasteiger partial charge in [-0.25, -0.2) is 0 Å². The van der Waals surface area contributed by atoms with Crippen LogP contribution in [-0.2, 0) is 6.42 Å². The van der Waals surface area contributed by atoms with Gasteiger partial charge < -0.3 is 20.3 Å². The maximum atomic E-state index is 9.19. The van der Waals surface area contributed by atoms with Gasteiger partial charge in [-0.15, -0.1) is 0 Å². The summed E-state index contributed by atoms with van der Waals surface area (Å²) in [6.07, 6.45) is 1.32. The van der Waals surface area contributed by atoms with Crippen LogP contribution in [0, 0.1) is 0 Å². The van der Waals surface area contributed by atoms with E-state index < -0.39 is 6.10 Å². The number of ether oxygens (including phenoxy) is 1. The van der Waals surface area contributed by atoms with Gasteiger partial charge in [-0.2, -0.15) is 0 Å². The highest BCUT2D eigenvalue weighted by Gasteiger charge is 2.04. The average Bonchev–Trinajstić information content (AvgIpc) is 2.44. The number of hydrogen-bond acceptors (Lipinski definition) is 4. The Kier molecular flexibility index (Phi) is 7.48. The van der Waals surface area contributed by atoms with Gasteiger partial charge in [-0.3, -0.25) is 0 Å². The van der Waals surface area contributed by atoms with Crippen molar-refractivity contribution >= 4 is 0 Å². The number of aliphatic hydroxyl groups excluding tert-OH is 2. The Balaban J connectivity index is 2.34. The van der Waals surface area contributed by atoms with Crippen molar-refractivity contribution in [2.45, 2.75) is 38.8 Å². The minimum absolute atomic E-state index is 0.118. The third kappa shape index (κ3) is 6.57. The summed E-state index contributed by atoms with van der Waals surface area (Å²) in [5, 5.41) is 21.3. The van der Waals surface area contributed by atoms with Crippen molar-refractivity contribution in [3.05, 3.63) is 29.8 Å². The Bertz CT molecular complexity index is 340. The summed E-state index contributed by atoms with van der Waals surface area (Å²) in [6, 6.07) is 8.41. The van der Waals surface area contributed by atoms with Crippen LogP contribution in [-0.4, -0.2) is 42.1 Å². The average molecular weight is 267 g/mol. The van der Waals surface area contributed by atoms with E-state index in [-0.39, 0.29) is 13.2 Å². The number of hydrogen-bond donors (Lipinski definition) is 3. The molecule has 2 unspecified atom stereocenters. The van der Waals surface area contributed by atoms with Gasteiger partial charge in [0.2, 0.25) is 0 Å². The van der Waals surface area contributed by atoms with E-state index in [1.165, 1.54) is 5.56 Å². The van der Waals surface area contributed by atoms with Crippen molar-refractivity contribution in [1.29, 1.82) is 0 Å². The standard InChI is InChI=1S/C15H25NO3/c1-3-16-12(2)4-5-13-6-8-15(9-7-13)19-11-14(18)10-17/h6-9,12,14,16-18H,3-5,10-11H2,1-2H3. The third-order valence-electron chi connectivity index (χ3n) is 3.00. The molecule has 2 atom stereocenters. The van der Waals surface area contributed by atoms with Gasteiger partial charge >= 0.3 is 0 Å². The lowest BCUT2D eigenvalue weighted by Gasteiger charge is -2.13. The second-order valence-corrected chi connectivity index (χ2v) is 4.79. The van der Waals surface area contributed by atoms with Crippen molar-refractivity contribution in [1.82, 2.24) is 5.32 Å². The Morgan fingerprint density at radius 1 is 1.26 bits per heavy atom. The Labute approximate surface area is 115 Å². The molecule has 1 rings (SSSR count). The van der Waals surface area contributed by atoms with Crippen LogP contribution >= 0.6 is 0 Å². The highest BCUT2D eigenvalue weighted by atomic mass is 16.5. The Morgan fingerprint density at radius 3 is 2.53 bits per heavy atom. The minimum Gasteiger partial charge on any atom is -0.491 e. The van der Waals surface area contributed by atoms with Gasteiger partial charge in [0.25, 0.3) is 0 Å². The summed E-state index contributed by atoms with van der Waals surface area (Å²) in [7, 11) is 0. The molecule has 0 spiro atoms. The second-order valence-electron chi connectivity index (χ2n) is 4.79. The fourth-order valence-electron chi connectivity index (χ4n) is 1.83. The van der Waals surface area contributed by atoms with Gasteiger partial charge in [0.1, 0.15) is 18.5 Å². The maximum Gasteiger partial charge on any atom is 0.119 e. The summed E-state index contributed by atoms with van der Waals surface area (Å²) in [5.74, 6) is 0.719. The fraction of sp³-hybridized carbons (Fsp3) is 0.600. The van der Waals surface area contributed by atoms with Crippen molar-refractivity contribution in [2.24, 2.45) is 0 Å². The molecule has 0 saturated heterocycles. The molecule has 0 fully saturated rings. The number of nitrogens with one attached hydrogen (secondary N) is 1. The number of aryl methyl sites for hydroxylation is 1. The van der Waals surface area contributed by atoms with Gasteiger partial charge in [0.05, 0.1) is 6.61 Å². The van der Waals surface area contributed by atoms with E-state index in [0.717, 1.165) is 25.1 Å². The van der Waals surface area contributed by atoms with Crippen LogP contribution in [0.4, 0.5) is 0 Å². The molecule has 0 bridgehead atoms. The van der Waals surface area contributed by atoms with E-state index >= 15 is 0 Å². The molecule has 0 amide bonds. The van der Waals surface area contributed by atoms with Crippen LogP contribution in [0.5, 0.6) is 5.75 Å². The van der Waals surface area contributed by atoms with Gasteiger partial charge in [-0.05, 0) is 44.0 Å². The number of rotatable bonds is 9. The maximum absolute atomic E-state index is 9.19. The molecule has 108 valence electrons. The summed E-state index contributed by atoms with van der Waals surface area (Å²) < 4.78 is 5.36. The zero-order valence-electron chi connectivity index (χ0n) is 11.8. The molecule has 0 aliphatic heterocycles. The monoisotopic (exact) mass is 267 g/mol. The van der Waals surface area contributed by atoms with E-state index in [0.29, 0.717) is 6.04 Å². The van der Waals surface area contributed by atoms with E-state index in [4.69, 9.17) is 9.84 Å². The van der Waals surface area contributed by atoms with E-state index in [1.807, 2.05) is 24.3 Å². The van der Waals surface area contributed by atoms with Crippen LogP contribution in [0.1, 0.15) is 25.8 Å². The van der Waals surface area contributed by atoms with Gasteiger partial charge in [0, 0.05) is 6.04 Å². The van der Waals surface area contributed by atoms with E-state index in [9.17, 15) is 5.11 Å². The largest absolute Gasteiger partial charge is 0.491 e. The topological polar surface area (TPSA) is 61.7 Å². The molecular formula is C15H25NO3. The second kappa shape index (κ2) is 8.91. The molecule has 1 aromatic carbocycles. The lowest BCUT2D eigenvalue weighted by molar-refractivity contribution is 0.0536. The minimum atomic E-state index is -0.819. The van der Waals surface area contributed by atoms with Crippen LogP contribution in [0.2, 0.25) is 0 Å². The lowest BCUT2D eigenvalue weighted by Crippen LogP contribution is -2.25. The van der Waals surface area contributed by atoms with E-state index in [1.54, 1.807) is 0 Å². The third-order valence-corrected chi connectivity index (χ3v) is 3.00. The quantitative estimate of drug-likeness (QED) is 0.632. The zero-order chi connectivity index (χ0) is 14.1. The Morgan fingerprint density at radius 2 is 1.95 bits per heavy atom. The molecule has 4 heteroatoms. The number of benzene rings is 1. The molecule has 0 aliphatic rings. The van der Waals surface area contributed by atoms with Gasteiger partial charge in [-0.1, -0.05) is 19.1 Å². The van der Waals surface area contributed by atoms with Gasteiger partial charge in [0.15, 0.2) is 0 Å². The van der Waals surface area contributed by atoms with Crippen LogP contribution in [0.3, 0.4) is 0 Å². The summed E-state index contributed by atoms with van der Waals surface area (Å²) in [5.41, 5.74) is 1.28. The first-order valence-corrected chi connectivity index (χ1v) is 6.89. The molecule has 0 aliphatic carbocycles. The first-order chi connectivity index (χ1) is 9.15. The molecule has 0 heterocycles. The van der Waals surface area contributed by atoms with Crippen molar-refractivity contribution in [3.63, 3.8) is 0 Å². The molecular weight excluding hydrogens is 242 g/mol. The molecule has 1 aromatic rings. The first-order valence-electron chi connectivity index (χ1n) is 6.89. The van der Waals surface area contributed by atoms with Crippen LogP contribution < -0.4 is 10.1 Å². The highest BCUT2D eigenvalue weighted by molar-refractivity contribution is 5.27. The van der Waals surface area contributed by atoms with Crippen molar-refractivity contribution in [2.75, 3.05) is 19.8 Å². The Hall–Kier alpha value is -1.10. The molecule has 3 N–H and O–H groups in total. The van der Waals surface area contributed by atoms with Crippen LogP contribution in [0.25, 0.3) is 0 Å². The highest BCUT2D eigenvalue weighted by Crippen LogP contribution is 2.14. The molecule has 0 radical (unpaired) electrons. The summed E-state index contributed by atoms with van der Waals surface area (Å²) >= 11 is 0. The first kappa shape index (κ1) is 16.0. The molecule has 19 heavy (non-hydrogen) atoms. The van der Waals surface area contributed by atoms with Crippen molar-refractivity contribution < 1.29 is 14.9 Å². The normalized spacial score (nSPS) is 14.1. The fourth-order valence-corrected chi connectivity index (χ4v) is 1.83. The molecule has 4 nitrogen and oxygen atoms in total. The molecule has 0 aromatic heterocycles. The predicted molar refractivity (Wildman–Crippen MR) is 76.5 cm³/mol. The lowest BCUT2D eigenvalue weighted by atomic mass is 10.1.